The van der Waals surface area contributed by atoms with E-state index in [-0.39, 0.29) is 5.91 Å². The summed E-state index contributed by atoms with van der Waals surface area (Å²) in [5.74, 6) is -0.201. The van der Waals surface area contributed by atoms with Crippen molar-refractivity contribution in [3.63, 3.8) is 0 Å². The minimum Gasteiger partial charge on any atom is -0.274 e. The van der Waals surface area contributed by atoms with Crippen LogP contribution in [0.15, 0.2) is 27.9 Å². The van der Waals surface area contributed by atoms with Gasteiger partial charge in [-0.3, -0.25) is 9.78 Å². The van der Waals surface area contributed by atoms with Crippen molar-refractivity contribution >= 4 is 28.1 Å². The Morgan fingerprint density at radius 2 is 2.46 bits per heavy atom. The number of pyridine rings is 1. The van der Waals surface area contributed by atoms with Crippen molar-refractivity contribution in [1.29, 1.82) is 0 Å². The highest BCUT2D eigenvalue weighted by Gasteiger charge is 1.89. The molecule has 0 aromatic carbocycles. The zero-order valence-electron chi connectivity index (χ0n) is 6.99. The van der Waals surface area contributed by atoms with Crippen molar-refractivity contribution < 1.29 is 4.79 Å². The van der Waals surface area contributed by atoms with E-state index in [1.807, 2.05) is 6.07 Å². The van der Waals surface area contributed by atoms with Crippen molar-refractivity contribution in [2.45, 2.75) is 6.92 Å². The molecule has 0 unspecified atom stereocenters. The first-order chi connectivity index (χ1) is 6.18. The highest BCUT2D eigenvalue weighted by molar-refractivity contribution is 9.10. The largest absolute Gasteiger partial charge is 0.274 e. The Morgan fingerprint density at radius 1 is 1.69 bits per heavy atom. The van der Waals surface area contributed by atoms with Gasteiger partial charge in [0.25, 0.3) is 0 Å². The van der Waals surface area contributed by atoms with Crippen molar-refractivity contribution in [3.05, 3.63) is 28.5 Å². The monoisotopic (exact) mass is 241 g/mol. The third kappa shape index (κ3) is 3.80. The summed E-state index contributed by atoms with van der Waals surface area (Å²) in [6.45, 7) is 1.40. The second-order valence-corrected chi connectivity index (χ2v) is 3.24. The average molecular weight is 242 g/mol. The quantitative estimate of drug-likeness (QED) is 0.628. The van der Waals surface area contributed by atoms with Crippen LogP contribution < -0.4 is 5.43 Å². The van der Waals surface area contributed by atoms with Gasteiger partial charge >= 0.3 is 0 Å². The van der Waals surface area contributed by atoms with Gasteiger partial charge in [-0.05, 0) is 28.1 Å². The average Bonchev–Trinajstić information content (AvgIpc) is 2.08. The predicted octanol–water partition coefficient (Wildman–Crippen LogP) is 1.31. The molecule has 0 saturated carbocycles. The summed E-state index contributed by atoms with van der Waals surface area (Å²) in [4.78, 5) is 14.5. The smallest absolute Gasteiger partial charge is 0.236 e. The van der Waals surface area contributed by atoms with E-state index >= 15 is 0 Å². The number of hydrogen-bond donors (Lipinski definition) is 1. The Hall–Kier alpha value is -1.23. The van der Waals surface area contributed by atoms with E-state index in [4.69, 9.17) is 0 Å². The SMILES string of the molecule is CC(=O)N/N=C/c1ccc(Br)cn1. The Balaban J connectivity index is 2.59. The first-order valence-electron chi connectivity index (χ1n) is 3.59. The Kier molecular flexibility index (Phi) is 3.57. The van der Waals surface area contributed by atoms with Crippen molar-refractivity contribution in [2.24, 2.45) is 5.10 Å². The van der Waals surface area contributed by atoms with Gasteiger partial charge in [0.2, 0.25) is 5.91 Å². The predicted molar refractivity (Wildman–Crippen MR) is 53.3 cm³/mol. The van der Waals surface area contributed by atoms with E-state index in [1.165, 1.54) is 13.1 Å². The molecule has 0 fully saturated rings. The van der Waals surface area contributed by atoms with Crippen molar-refractivity contribution in [2.75, 3.05) is 0 Å². The summed E-state index contributed by atoms with van der Waals surface area (Å²) in [5, 5.41) is 3.67. The topological polar surface area (TPSA) is 54.4 Å². The molecule has 0 saturated heterocycles. The van der Waals surface area contributed by atoms with E-state index in [1.54, 1.807) is 12.3 Å². The third-order valence-electron chi connectivity index (χ3n) is 1.17. The summed E-state index contributed by atoms with van der Waals surface area (Å²) < 4.78 is 0.907. The maximum atomic E-state index is 10.4. The van der Waals surface area contributed by atoms with E-state index < -0.39 is 0 Å². The molecule has 0 aliphatic heterocycles. The van der Waals surface area contributed by atoms with Crippen molar-refractivity contribution in [3.8, 4) is 0 Å². The maximum absolute atomic E-state index is 10.4. The van der Waals surface area contributed by atoms with Crippen LogP contribution in [0.5, 0.6) is 0 Å². The normalized spacial score (nSPS) is 10.3. The molecule has 5 heteroatoms. The number of aromatic nitrogens is 1. The first kappa shape index (κ1) is 9.85. The van der Waals surface area contributed by atoms with Gasteiger partial charge in [-0.1, -0.05) is 0 Å². The minimum absolute atomic E-state index is 0.201. The first-order valence-corrected chi connectivity index (χ1v) is 4.39. The second-order valence-electron chi connectivity index (χ2n) is 2.33. The molecule has 0 aliphatic carbocycles. The fourth-order valence-electron chi connectivity index (χ4n) is 0.653. The number of carbonyl (C=O) groups excluding carboxylic acids is 1. The lowest BCUT2D eigenvalue weighted by molar-refractivity contribution is -0.118. The number of carbonyl (C=O) groups is 1. The molecule has 1 rings (SSSR count). The summed E-state index contributed by atoms with van der Waals surface area (Å²) in [7, 11) is 0. The van der Waals surface area contributed by atoms with Crippen LogP contribution in [-0.2, 0) is 4.79 Å². The number of amides is 1. The Bertz CT molecular complexity index is 321. The molecule has 1 amide bonds. The Labute approximate surface area is 84.2 Å². The number of hydrogen-bond acceptors (Lipinski definition) is 3. The zero-order chi connectivity index (χ0) is 9.68. The highest BCUT2D eigenvalue weighted by Crippen LogP contribution is 2.05. The molecule has 13 heavy (non-hydrogen) atoms. The number of halogens is 1. The van der Waals surface area contributed by atoms with Crippen LogP contribution in [0.3, 0.4) is 0 Å². The second kappa shape index (κ2) is 4.71. The van der Waals surface area contributed by atoms with Crippen LogP contribution in [0.4, 0.5) is 0 Å². The summed E-state index contributed by atoms with van der Waals surface area (Å²) in [5.41, 5.74) is 2.98. The van der Waals surface area contributed by atoms with Gasteiger partial charge in [-0.2, -0.15) is 5.10 Å². The lowest BCUT2D eigenvalue weighted by atomic mass is 10.4. The Morgan fingerprint density at radius 3 is 3.00 bits per heavy atom. The standard InChI is InChI=1S/C8H8BrN3O/c1-6(13)12-11-5-8-3-2-7(9)4-10-8/h2-5H,1H3,(H,12,13)/b11-5+. The van der Waals surface area contributed by atoms with E-state index in [2.05, 4.69) is 31.4 Å². The minimum atomic E-state index is -0.201. The number of hydrazone groups is 1. The molecular formula is C8H8BrN3O. The molecule has 0 spiro atoms. The third-order valence-corrected chi connectivity index (χ3v) is 1.64. The van der Waals surface area contributed by atoms with Crippen LogP contribution in [0.25, 0.3) is 0 Å². The van der Waals surface area contributed by atoms with Gasteiger partial charge in [-0.25, -0.2) is 5.43 Å². The molecule has 0 atom stereocenters. The molecule has 1 N–H and O–H groups in total. The fraction of sp³-hybridized carbons (Fsp3) is 0.125. The van der Waals surface area contributed by atoms with E-state index in [0.717, 1.165) is 4.47 Å². The van der Waals surface area contributed by atoms with E-state index in [0.29, 0.717) is 5.69 Å². The molecule has 0 aliphatic rings. The van der Waals surface area contributed by atoms with Gasteiger partial charge in [0.1, 0.15) is 0 Å². The van der Waals surface area contributed by atoms with Crippen molar-refractivity contribution in [1.82, 2.24) is 10.4 Å². The summed E-state index contributed by atoms with van der Waals surface area (Å²) in [6.07, 6.45) is 3.14. The lowest BCUT2D eigenvalue weighted by Gasteiger charge is -1.92. The van der Waals surface area contributed by atoms with Crippen LogP contribution in [0.2, 0.25) is 0 Å². The van der Waals surface area contributed by atoms with Gasteiger partial charge < -0.3 is 0 Å². The maximum Gasteiger partial charge on any atom is 0.236 e. The molecular weight excluding hydrogens is 234 g/mol. The molecule has 68 valence electrons. The molecule has 1 aromatic heterocycles. The van der Waals surface area contributed by atoms with Crippen LogP contribution >= 0.6 is 15.9 Å². The molecule has 1 aromatic rings. The van der Waals surface area contributed by atoms with E-state index in [9.17, 15) is 4.79 Å². The van der Waals surface area contributed by atoms with Gasteiger partial charge in [-0.15, -0.1) is 0 Å². The zero-order valence-corrected chi connectivity index (χ0v) is 8.58. The highest BCUT2D eigenvalue weighted by atomic mass is 79.9. The number of nitrogens with zero attached hydrogens (tertiary/aromatic N) is 2. The summed E-state index contributed by atoms with van der Waals surface area (Å²) in [6, 6.07) is 3.64. The molecule has 0 radical (unpaired) electrons. The molecule has 1 heterocycles. The lowest BCUT2D eigenvalue weighted by Crippen LogP contribution is -2.12. The van der Waals surface area contributed by atoms with Crippen LogP contribution in [0, 0.1) is 0 Å². The molecule has 0 bridgehead atoms. The number of rotatable bonds is 2. The van der Waals surface area contributed by atoms with Gasteiger partial charge in [0.05, 0.1) is 11.9 Å². The van der Waals surface area contributed by atoms with Gasteiger partial charge in [0, 0.05) is 17.6 Å². The fourth-order valence-corrected chi connectivity index (χ4v) is 0.887. The van der Waals surface area contributed by atoms with Crippen LogP contribution in [-0.4, -0.2) is 17.1 Å². The van der Waals surface area contributed by atoms with Crippen LogP contribution in [0.1, 0.15) is 12.6 Å². The molecule has 4 nitrogen and oxygen atoms in total. The van der Waals surface area contributed by atoms with Gasteiger partial charge in [0.15, 0.2) is 0 Å². The summed E-state index contributed by atoms with van der Waals surface area (Å²) >= 11 is 3.26. The number of nitrogens with one attached hydrogen (secondary N) is 1.